The van der Waals surface area contributed by atoms with Crippen LogP contribution in [0.15, 0.2) is 59.0 Å². The summed E-state index contributed by atoms with van der Waals surface area (Å²) >= 11 is 0. The van der Waals surface area contributed by atoms with Crippen LogP contribution in [0.25, 0.3) is 11.5 Å². The van der Waals surface area contributed by atoms with Gasteiger partial charge in [0.2, 0.25) is 11.7 Å². The second kappa shape index (κ2) is 12.9. The number of urea groups is 1. The Bertz CT molecular complexity index is 1430. The van der Waals surface area contributed by atoms with E-state index in [1.54, 1.807) is 42.5 Å². The number of amides is 3. The molecule has 1 N–H and O–H groups in total. The molecule has 0 radical (unpaired) electrons. The van der Waals surface area contributed by atoms with Crippen LogP contribution in [0.4, 0.5) is 23.7 Å². The van der Waals surface area contributed by atoms with E-state index < -0.39 is 23.5 Å². The van der Waals surface area contributed by atoms with Crippen molar-refractivity contribution in [1.82, 2.24) is 14.8 Å². The lowest BCUT2D eigenvalue weighted by molar-refractivity contribution is -0.153. The lowest BCUT2D eigenvalue weighted by Gasteiger charge is -2.38. The number of methoxy groups -OCH3 is 1. The number of piperidine rings is 2. The first kappa shape index (κ1) is 30.1. The molecule has 3 aromatic rings. The minimum atomic E-state index is -4.90. The van der Waals surface area contributed by atoms with Crippen molar-refractivity contribution in [1.29, 1.82) is 0 Å². The molecule has 0 unspecified atom stereocenters. The van der Waals surface area contributed by atoms with Crippen LogP contribution in [0.5, 0.6) is 0 Å². The van der Waals surface area contributed by atoms with Crippen LogP contribution in [0, 0.1) is 5.92 Å². The summed E-state index contributed by atoms with van der Waals surface area (Å²) in [5, 5.41) is 2.50. The normalized spacial score (nSPS) is 16.7. The topological polar surface area (TPSA) is 105 Å². The number of halogens is 3. The first-order valence-electron chi connectivity index (χ1n) is 14.3. The van der Waals surface area contributed by atoms with Crippen LogP contribution in [-0.2, 0) is 15.7 Å². The summed E-state index contributed by atoms with van der Waals surface area (Å²) in [5.74, 6) is -2.53. The first-order valence-corrected chi connectivity index (χ1v) is 14.3. The molecule has 0 spiro atoms. The number of carbonyl (C=O) groups is 3. The van der Waals surface area contributed by atoms with E-state index >= 15 is 0 Å². The van der Waals surface area contributed by atoms with Crippen LogP contribution in [-0.4, -0.2) is 66.0 Å². The summed E-state index contributed by atoms with van der Waals surface area (Å²) in [6, 6.07) is 15.1. The van der Waals surface area contributed by atoms with Gasteiger partial charge in [-0.25, -0.2) is 9.78 Å². The zero-order chi connectivity index (χ0) is 30.6. The maximum Gasteiger partial charge on any atom is 0.452 e. The molecule has 0 atom stereocenters. The van der Waals surface area contributed by atoms with Crippen LogP contribution >= 0.6 is 0 Å². The van der Waals surface area contributed by atoms with Gasteiger partial charge in [0.05, 0.1) is 7.11 Å². The maximum atomic E-state index is 13.6. The number of anilines is 1. The number of hydrogen-bond acceptors (Lipinski definition) is 6. The zero-order valence-electron chi connectivity index (χ0n) is 23.7. The van der Waals surface area contributed by atoms with Crippen LogP contribution in [0.2, 0.25) is 0 Å². The van der Waals surface area contributed by atoms with Gasteiger partial charge in [-0.3, -0.25) is 9.59 Å². The number of esters is 1. The smallest absolute Gasteiger partial charge is 0.452 e. The van der Waals surface area contributed by atoms with E-state index in [1.807, 2.05) is 21.9 Å². The number of carbonyl (C=O) groups excluding carboxylic acids is 3. The fourth-order valence-electron chi connectivity index (χ4n) is 5.65. The average Bonchev–Trinajstić information content (AvgIpc) is 3.49. The highest BCUT2D eigenvalue weighted by molar-refractivity contribution is 6.04. The van der Waals surface area contributed by atoms with Crippen LogP contribution in [0.3, 0.4) is 0 Å². The summed E-state index contributed by atoms with van der Waals surface area (Å²) in [6.07, 6.45) is -1.41. The van der Waals surface area contributed by atoms with Gasteiger partial charge in [-0.05, 0) is 67.3 Å². The highest BCUT2D eigenvalue weighted by atomic mass is 19.4. The molecule has 5 rings (SSSR count). The third-order valence-corrected chi connectivity index (χ3v) is 8.09. The van der Waals surface area contributed by atoms with Gasteiger partial charge in [-0.15, -0.1) is 0 Å². The van der Waals surface area contributed by atoms with Crippen LogP contribution in [0.1, 0.15) is 59.8 Å². The Kier molecular flexibility index (Phi) is 9.02. The summed E-state index contributed by atoms with van der Waals surface area (Å²) in [7, 11) is 1.38. The Labute approximate surface area is 247 Å². The highest BCUT2D eigenvalue weighted by Gasteiger charge is 2.42. The molecule has 12 heteroatoms. The fraction of sp³-hybridized carbons (Fsp3) is 0.419. The van der Waals surface area contributed by atoms with Crippen molar-refractivity contribution in [2.24, 2.45) is 5.92 Å². The number of nitrogens with one attached hydrogen (secondary N) is 1. The van der Waals surface area contributed by atoms with Gasteiger partial charge in [0.1, 0.15) is 0 Å². The molecule has 2 fully saturated rings. The molecule has 1 aromatic heterocycles. The fourth-order valence-corrected chi connectivity index (χ4v) is 5.65. The quantitative estimate of drug-likeness (QED) is 0.340. The van der Waals surface area contributed by atoms with E-state index in [0.717, 1.165) is 31.2 Å². The number of alkyl halides is 3. The predicted octanol–water partition coefficient (Wildman–Crippen LogP) is 6.19. The molecule has 2 aliphatic heterocycles. The summed E-state index contributed by atoms with van der Waals surface area (Å²) in [6.45, 7) is 2.47. The number of ether oxygens (including phenoxy) is 1. The third-order valence-electron chi connectivity index (χ3n) is 8.09. The second-order valence-electron chi connectivity index (χ2n) is 10.9. The molecular formula is C31H33F3N4O5. The second-order valence-corrected chi connectivity index (χ2v) is 10.9. The van der Waals surface area contributed by atoms with E-state index in [4.69, 9.17) is 9.15 Å². The number of oxazole rings is 1. The molecular weight excluding hydrogens is 565 g/mol. The van der Waals surface area contributed by atoms with Crippen molar-refractivity contribution in [3.63, 3.8) is 0 Å². The van der Waals surface area contributed by atoms with E-state index in [1.165, 1.54) is 7.11 Å². The number of nitrogens with zero attached hydrogens (tertiary/aromatic N) is 3. The summed E-state index contributed by atoms with van der Waals surface area (Å²) < 4.78 is 50.6. The summed E-state index contributed by atoms with van der Waals surface area (Å²) in [4.78, 5) is 45.0. The van der Waals surface area contributed by atoms with Gasteiger partial charge in [0, 0.05) is 43.9 Å². The SMILES string of the molecule is COC(=O)CC1CCN(C(=O)N2CCC(c3ccc(NC(=O)c4nc(-c5ccccc5)oc4C(F)(F)F)cc3)CC2)CC1. The number of hydrogen-bond donors (Lipinski definition) is 1. The third kappa shape index (κ3) is 7.18. The first-order chi connectivity index (χ1) is 20.6. The molecule has 0 aliphatic carbocycles. The minimum absolute atomic E-state index is 0.0227. The van der Waals surface area contributed by atoms with Gasteiger partial charge < -0.3 is 24.3 Å². The van der Waals surface area contributed by atoms with Crippen molar-refractivity contribution in [3.8, 4) is 11.5 Å². The zero-order valence-corrected chi connectivity index (χ0v) is 23.7. The van der Waals surface area contributed by atoms with E-state index in [-0.39, 0.29) is 29.7 Å². The molecule has 3 amide bonds. The van der Waals surface area contributed by atoms with Crippen molar-refractivity contribution in [3.05, 3.63) is 71.6 Å². The number of aromatic nitrogens is 1. The van der Waals surface area contributed by atoms with Gasteiger partial charge in [0.25, 0.3) is 5.91 Å². The van der Waals surface area contributed by atoms with Crippen molar-refractivity contribution >= 4 is 23.6 Å². The van der Waals surface area contributed by atoms with Gasteiger partial charge in [0.15, 0.2) is 5.69 Å². The molecule has 2 saturated heterocycles. The van der Waals surface area contributed by atoms with Gasteiger partial charge in [-0.1, -0.05) is 30.3 Å². The van der Waals surface area contributed by atoms with Gasteiger partial charge in [-0.2, -0.15) is 13.2 Å². The minimum Gasteiger partial charge on any atom is -0.469 e. The molecule has 2 aliphatic rings. The molecule has 9 nitrogen and oxygen atoms in total. The molecule has 3 heterocycles. The van der Waals surface area contributed by atoms with E-state index in [2.05, 4.69) is 10.3 Å². The predicted molar refractivity (Wildman–Crippen MR) is 151 cm³/mol. The lowest BCUT2D eigenvalue weighted by Crippen LogP contribution is -2.49. The Balaban J connectivity index is 1.15. The highest BCUT2D eigenvalue weighted by Crippen LogP contribution is 2.36. The van der Waals surface area contributed by atoms with E-state index in [0.29, 0.717) is 43.9 Å². The van der Waals surface area contributed by atoms with Gasteiger partial charge >= 0.3 is 18.2 Å². The average molecular weight is 599 g/mol. The molecule has 2 aromatic carbocycles. The maximum absolute atomic E-state index is 13.6. The van der Waals surface area contributed by atoms with Crippen molar-refractivity contribution in [2.45, 2.75) is 44.2 Å². The number of rotatable bonds is 6. The Morgan fingerprint density at radius 2 is 1.53 bits per heavy atom. The number of benzene rings is 2. The Morgan fingerprint density at radius 1 is 0.930 bits per heavy atom. The standard InChI is InChI=1S/C31H33F3N4O5/c1-42-25(39)19-20-11-15-37(16-12-20)30(41)38-17-13-22(14-18-38)21-7-9-24(10-8-21)35-28(40)26-27(31(32,33)34)43-29(36-26)23-5-3-2-4-6-23/h2-10,20,22H,11-19H2,1H3,(H,35,40). The molecule has 43 heavy (non-hydrogen) atoms. The number of likely N-dealkylation sites (tertiary alicyclic amines) is 2. The Hall–Kier alpha value is -4.35. The molecule has 0 bridgehead atoms. The lowest BCUT2D eigenvalue weighted by atomic mass is 9.89. The Morgan fingerprint density at radius 3 is 2.12 bits per heavy atom. The monoisotopic (exact) mass is 598 g/mol. The van der Waals surface area contributed by atoms with Crippen molar-refractivity contribution < 1.29 is 36.7 Å². The van der Waals surface area contributed by atoms with E-state index in [9.17, 15) is 27.6 Å². The molecule has 228 valence electrons. The largest absolute Gasteiger partial charge is 0.469 e. The van der Waals surface area contributed by atoms with Crippen molar-refractivity contribution in [2.75, 3.05) is 38.6 Å². The summed E-state index contributed by atoms with van der Waals surface area (Å²) in [5.41, 5.74) is 0.844. The molecule has 0 saturated carbocycles. The van der Waals surface area contributed by atoms with Crippen LogP contribution < -0.4 is 5.32 Å².